The summed E-state index contributed by atoms with van der Waals surface area (Å²) in [5.41, 5.74) is 2.58. The van der Waals surface area contributed by atoms with Gasteiger partial charge in [-0.1, -0.05) is 53.7 Å². The van der Waals surface area contributed by atoms with Crippen molar-refractivity contribution < 1.29 is 13.6 Å². The zero-order valence-electron chi connectivity index (χ0n) is 13.1. The van der Waals surface area contributed by atoms with E-state index in [2.05, 4.69) is 0 Å². The van der Waals surface area contributed by atoms with Gasteiger partial charge in [0.25, 0.3) is 11.7 Å². The van der Waals surface area contributed by atoms with Crippen LogP contribution in [0.4, 0.5) is 8.78 Å². The van der Waals surface area contributed by atoms with Crippen LogP contribution in [0.5, 0.6) is 0 Å². The molecule has 1 heterocycles. The Morgan fingerprint density at radius 3 is 2.62 bits per heavy atom. The number of rotatable bonds is 4. The zero-order chi connectivity index (χ0) is 17.1. The van der Waals surface area contributed by atoms with Crippen molar-refractivity contribution in [3.63, 3.8) is 0 Å². The smallest absolute Gasteiger partial charge is 0.288 e. The highest BCUT2D eigenvalue weighted by Gasteiger charge is 2.32. The highest BCUT2D eigenvalue weighted by atomic mass is 32.2. The summed E-state index contributed by atoms with van der Waals surface area (Å²) in [7, 11) is 0. The maximum absolute atomic E-state index is 13.0. The number of hydrogen-bond acceptors (Lipinski definition) is 3. The van der Waals surface area contributed by atoms with Gasteiger partial charge < -0.3 is 4.90 Å². The Bertz CT molecular complexity index is 721. The lowest BCUT2D eigenvalue weighted by Crippen LogP contribution is -2.30. The Hall–Kier alpha value is -1.53. The quantitative estimate of drug-likeness (QED) is 0.695. The van der Waals surface area contributed by atoms with Crippen molar-refractivity contribution in [3.8, 4) is 0 Å². The third-order valence-corrected chi connectivity index (χ3v) is 5.90. The standard InChI is InChI=1S/C18H17F2NOS2/c1-12-6-8-13(9-7-12)17-21(10-11-23-17)16(22)14-4-2-3-5-15(14)24-18(19)20/h2-9,17-18H,10-11H2,1H3. The maximum atomic E-state index is 13.0. The maximum Gasteiger partial charge on any atom is 0.288 e. The van der Waals surface area contributed by atoms with Gasteiger partial charge >= 0.3 is 0 Å². The van der Waals surface area contributed by atoms with E-state index in [-0.39, 0.29) is 11.3 Å². The molecule has 126 valence electrons. The lowest BCUT2D eigenvalue weighted by atomic mass is 10.1. The fourth-order valence-corrected chi connectivity index (χ4v) is 4.57. The Labute approximate surface area is 148 Å². The molecular formula is C18H17F2NOS2. The first-order chi connectivity index (χ1) is 11.6. The van der Waals surface area contributed by atoms with E-state index < -0.39 is 5.76 Å². The van der Waals surface area contributed by atoms with E-state index in [1.54, 1.807) is 40.9 Å². The highest BCUT2D eigenvalue weighted by molar-refractivity contribution is 8.00. The summed E-state index contributed by atoms with van der Waals surface area (Å²) >= 11 is 2.13. The predicted octanol–water partition coefficient (Wildman–Crippen LogP) is 5.20. The Morgan fingerprint density at radius 2 is 1.92 bits per heavy atom. The molecule has 1 aliphatic rings. The van der Waals surface area contributed by atoms with Crippen molar-refractivity contribution in [1.82, 2.24) is 4.90 Å². The van der Waals surface area contributed by atoms with E-state index in [1.807, 2.05) is 31.2 Å². The van der Waals surface area contributed by atoms with Gasteiger partial charge in [0, 0.05) is 17.2 Å². The molecule has 0 saturated carbocycles. The highest BCUT2D eigenvalue weighted by Crippen LogP contribution is 2.40. The van der Waals surface area contributed by atoms with Crippen molar-refractivity contribution in [3.05, 3.63) is 65.2 Å². The van der Waals surface area contributed by atoms with Crippen LogP contribution in [-0.2, 0) is 0 Å². The van der Waals surface area contributed by atoms with Crippen LogP contribution in [0.3, 0.4) is 0 Å². The summed E-state index contributed by atoms with van der Waals surface area (Å²) in [5.74, 6) is -1.89. The first-order valence-electron chi connectivity index (χ1n) is 7.59. The molecule has 0 aromatic heterocycles. The number of hydrogen-bond donors (Lipinski definition) is 0. The third-order valence-electron chi connectivity index (χ3n) is 3.85. The van der Waals surface area contributed by atoms with E-state index in [0.717, 1.165) is 11.3 Å². The molecule has 24 heavy (non-hydrogen) atoms. The molecule has 2 aromatic carbocycles. The number of alkyl halides is 2. The Morgan fingerprint density at radius 1 is 1.21 bits per heavy atom. The van der Waals surface area contributed by atoms with Crippen LogP contribution < -0.4 is 0 Å². The molecule has 0 radical (unpaired) electrons. The molecule has 3 rings (SSSR count). The van der Waals surface area contributed by atoms with Crippen molar-refractivity contribution in [2.45, 2.75) is 23.0 Å². The van der Waals surface area contributed by atoms with Crippen molar-refractivity contribution in [1.29, 1.82) is 0 Å². The first-order valence-corrected chi connectivity index (χ1v) is 9.52. The van der Waals surface area contributed by atoms with Gasteiger partial charge in [-0.3, -0.25) is 4.79 Å². The molecule has 1 aliphatic heterocycles. The molecule has 1 saturated heterocycles. The SMILES string of the molecule is Cc1ccc(C2SCCN2C(=O)c2ccccc2SC(F)F)cc1. The fourth-order valence-electron chi connectivity index (χ4n) is 2.68. The molecule has 1 atom stereocenters. The molecular weight excluding hydrogens is 348 g/mol. The topological polar surface area (TPSA) is 20.3 Å². The summed E-state index contributed by atoms with van der Waals surface area (Å²) in [4.78, 5) is 15.1. The van der Waals surface area contributed by atoms with Gasteiger partial charge in [-0.15, -0.1) is 11.8 Å². The number of amides is 1. The van der Waals surface area contributed by atoms with Gasteiger partial charge in [0.05, 0.1) is 5.56 Å². The minimum Gasteiger partial charge on any atom is -0.322 e. The second-order valence-electron chi connectivity index (χ2n) is 5.51. The molecule has 2 nitrogen and oxygen atoms in total. The number of benzene rings is 2. The van der Waals surface area contributed by atoms with Gasteiger partial charge in [0.2, 0.25) is 0 Å². The van der Waals surface area contributed by atoms with Crippen molar-refractivity contribution >= 4 is 29.4 Å². The van der Waals surface area contributed by atoms with Crippen LogP contribution in [0, 0.1) is 6.92 Å². The normalized spacial score (nSPS) is 17.5. The summed E-state index contributed by atoms with van der Waals surface area (Å²) < 4.78 is 25.5. The summed E-state index contributed by atoms with van der Waals surface area (Å²) in [6.07, 6.45) is 0. The van der Waals surface area contributed by atoms with Gasteiger partial charge in [0.15, 0.2) is 0 Å². The van der Waals surface area contributed by atoms with Gasteiger partial charge in [-0.05, 0) is 24.6 Å². The number of halogens is 2. The van der Waals surface area contributed by atoms with Gasteiger partial charge in [0.1, 0.15) is 5.37 Å². The van der Waals surface area contributed by atoms with E-state index in [1.165, 1.54) is 5.56 Å². The third kappa shape index (κ3) is 3.75. The monoisotopic (exact) mass is 365 g/mol. The lowest BCUT2D eigenvalue weighted by Gasteiger charge is -2.25. The number of thioether (sulfide) groups is 2. The summed E-state index contributed by atoms with van der Waals surface area (Å²) in [6.45, 7) is 2.64. The second-order valence-corrected chi connectivity index (χ2v) is 7.73. The van der Waals surface area contributed by atoms with E-state index >= 15 is 0 Å². The van der Waals surface area contributed by atoms with Crippen LogP contribution in [0.2, 0.25) is 0 Å². The molecule has 0 bridgehead atoms. The molecule has 6 heteroatoms. The Kier molecular flexibility index (Phi) is 5.46. The molecule has 0 spiro atoms. The Balaban J connectivity index is 1.87. The minimum absolute atomic E-state index is 0.0669. The molecule has 1 amide bonds. The van der Waals surface area contributed by atoms with E-state index in [4.69, 9.17) is 0 Å². The fraction of sp³-hybridized carbons (Fsp3) is 0.278. The van der Waals surface area contributed by atoms with Crippen LogP contribution in [-0.4, -0.2) is 28.9 Å². The zero-order valence-corrected chi connectivity index (χ0v) is 14.7. The number of nitrogens with zero attached hydrogens (tertiary/aromatic N) is 1. The molecule has 0 aliphatic carbocycles. The molecule has 0 N–H and O–H groups in total. The van der Waals surface area contributed by atoms with Crippen LogP contribution in [0.25, 0.3) is 0 Å². The van der Waals surface area contributed by atoms with Gasteiger partial charge in [-0.2, -0.15) is 8.78 Å². The number of carbonyl (C=O) groups excluding carboxylic acids is 1. The average Bonchev–Trinajstić information content (AvgIpc) is 3.04. The largest absolute Gasteiger partial charge is 0.322 e. The number of aryl methyl sites for hydroxylation is 1. The molecule has 1 fully saturated rings. The van der Waals surface area contributed by atoms with Crippen LogP contribution >= 0.6 is 23.5 Å². The average molecular weight is 365 g/mol. The molecule has 1 unspecified atom stereocenters. The minimum atomic E-state index is -2.54. The van der Waals surface area contributed by atoms with E-state index in [0.29, 0.717) is 28.8 Å². The van der Waals surface area contributed by atoms with Crippen molar-refractivity contribution in [2.24, 2.45) is 0 Å². The van der Waals surface area contributed by atoms with Crippen molar-refractivity contribution in [2.75, 3.05) is 12.3 Å². The molecule has 2 aromatic rings. The second kappa shape index (κ2) is 7.57. The lowest BCUT2D eigenvalue weighted by molar-refractivity contribution is 0.0757. The summed E-state index contributed by atoms with van der Waals surface area (Å²) in [6, 6.07) is 14.7. The predicted molar refractivity (Wildman–Crippen MR) is 95.7 cm³/mol. The number of carbonyl (C=O) groups is 1. The van der Waals surface area contributed by atoms with Crippen LogP contribution in [0.1, 0.15) is 26.9 Å². The van der Waals surface area contributed by atoms with Gasteiger partial charge in [-0.25, -0.2) is 0 Å². The first kappa shape index (κ1) is 17.3. The van der Waals surface area contributed by atoms with E-state index in [9.17, 15) is 13.6 Å². The summed E-state index contributed by atoms with van der Waals surface area (Å²) in [5, 5.41) is -0.0669. The van der Waals surface area contributed by atoms with Crippen LogP contribution in [0.15, 0.2) is 53.4 Å².